The lowest BCUT2D eigenvalue weighted by Crippen LogP contribution is -2.44. The molecule has 1 unspecified atom stereocenters. The van der Waals surface area contributed by atoms with Crippen molar-refractivity contribution in [3.63, 3.8) is 0 Å². The van der Waals surface area contributed by atoms with E-state index in [1.807, 2.05) is 6.92 Å². The quantitative estimate of drug-likeness (QED) is 0.772. The molecule has 92 valence electrons. The van der Waals surface area contributed by atoms with Gasteiger partial charge in [0.2, 0.25) is 5.91 Å². The van der Waals surface area contributed by atoms with Gasteiger partial charge >= 0.3 is 0 Å². The van der Waals surface area contributed by atoms with E-state index in [1.165, 1.54) is 0 Å². The molecule has 1 atom stereocenters. The van der Waals surface area contributed by atoms with Gasteiger partial charge in [-0.05, 0) is 45.7 Å². The largest absolute Gasteiger partial charge is 0.356 e. The highest BCUT2D eigenvalue weighted by Gasteiger charge is 2.24. The first-order chi connectivity index (χ1) is 7.50. The number of amides is 1. The van der Waals surface area contributed by atoms with Gasteiger partial charge in [0.05, 0.1) is 6.04 Å². The lowest BCUT2D eigenvalue weighted by atomic mass is 9.95. The monoisotopic (exact) mass is 226 g/mol. The molecule has 0 radical (unpaired) electrons. The summed E-state index contributed by atoms with van der Waals surface area (Å²) in [5.41, 5.74) is 0. The first-order valence-electron chi connectivity index (χ1n) is 5.99. The van der Waals surface area contributed by atoms with Crippen LogP contribution < -0.4 is 5.32 Å². The van der Waals surface area contributed by atoms with Gasteiger partial charge in [-0.3, -0.25) is 14.5 Å². The number of likely N-dealkylation sites (tertiary alicyclic amines) is 1. The number of carbonyl (C=O) groups is 2. The number of nitrogens with one attached hydrogen (secondary N) is 1. The Morgan fingerprint density at radius 3 is 2.31 bits per heavy atom. The van der Waals surface area contributed by atoms with E-state index < -0.39 is 0 Å². The summed E-state index contributed by atoms with van der Waals surface area (Å²) in [4.78, 5) is 24.3. The average molecular weight is 226 g/mol. The fourth-order valence-corrected chi connectivity index (χ4v) is 2.09. The minimum Gasteiger partial charge on any atom is -0.356 e. The number of hydrogen-bond donors (Lipinski definition) is 1. The van der Waals surface area contributed by atoms with Gasteiger partial charge in [0, 0.05) is 13.5 Å². The molecule has 1 heterocycles. The molecular weight excluding hydrogens is 204 g/mol. The zero-order valence-electron chi connectivity index (χ0n) is 10.5. The Hall–Kier alpha value is -0.900. The normalized spacial score (nSPS) is 20.4. The molecule has 1 saturated heterocycles. The summed E-state index contributed by atoms with van der Waals surface area (Å²) in [6.45, 7) is 7.87. The summed E-state index contributed by atoms with van der Waals surface area (Å²) in [5.74, 6) is 0.846. The van der Waals surface area contributed by atoms with Crippen molar-refractivity contribution in [3.05, 3.63) is 0 Å². The predicted molar refractivity (Wildman–Crippen MR) is 63.1 cm³/mol. The molecule has 1 fully saturated rings. The third-order valence-electron chi connectivity index (χ3n) is 3.42. The standard InChI is InChI=1S/C12H22N2O2/c1-9(10(2)15)14-6-4-12(5-7-14)8-13-11(3)16/h9,12H,4-8H2,1-3H3,(H,13,16). The Labute approximate surface area is 97.4 Å². The number of Topliss-reactive ketones (excluding diaryl/α,β-unsaturated/α-hetero) is 1. The average Bonchev–Trinajstić information content (AvgIpc) is 2.26. The van der Waals surface area contributed by atoms with Crippen LogP contribution in [0.3, 0.4) is 0 Å². The van der Waals surface area contributed by atoms with Crippen LogP contribution in [-0.4, -0.2) is 42.3 Å². The van der Waals surface area contributed by atoms with Crippen molar-refractivity contribution in [3.8, 4) is 0 Å². The van der Waals surface area contributed by atoms with Crippen LogP contribution in [0.15, 0.2) is 0 Å². The van der Waals surface area contributed by atoms with Crippen LogP contribution >= 0.6 is 0 Å². The highest BCUT2D eigenvalue weighted by Crippen LogP contribution is 2.18. The zero-order valence-corrected chi connectivity index (χ0v) is 10.5. The summed E-state index contributed by atoms with van der Waals surface area (Å²) in [5, 5.41) is 2.86. The van der Waals surface area contributed by atoms with Crippen molar-refractivity contribution in [2.45, 2.75) is 39.7 Å². The van der Waals surface area contributed by atoms with E-state index in [2.05, 4.69) is 10.2 Å². The molecule has 1 N–H and O–H groups in total. The molecule has 0 aromatic carbocycles. The fourth-order valence-electron chi connectivity index (χ4n) is 2.09. The minimum absolute atomic E-state index is 0.0412. The number of carbonyl (C=O) groups excluding carboxylic acids is 2. The van der Waals surface area contributed by atoms with Crippen molar-refractivity contribution in [1.29, 1.82) is 0 Å². The van der Waals surface area contributed by atoms with E-state index in [4.69, 9.17) is 0 Å². The van der Waals surface area contributed by atoms with Crippen molar-refractivity contribution < 1.29 is 9.59 Å². The Kier molecular flexibility index (Phi) is 4.93. The van der Waals surface area contributed by atoms with Gasteiger partial charge in [-0.25, -0.2) is 0 Å². The Morgan fingerprint density at radius 1 is 1.31 bits per heavy atom. The molecule has 4 nitrogen and oxygen atoms in total. The Balaban J connectivity index is 2.28. The van der Waals surface area contributed by atoms with Crippen LogP contribution in [0.25, 0.3) is 0 Å². The molecule has 0 aromatic rings. The molecular formula is C12H22N2O2. The first kappa shape index (κ1) is 13.2. The van der Waals surface area contributed by atoms with E-state index in [0.29, 0.717) is 5.92 Å². The second-order valence-corrected chi connectivity index (χ2v) is 4.70. The second-order valence-electron chi connectivity index (χ2n) is 4.70. The third kappa shape index (κ3) is 3.93. The summed E-state index contributed by atoms with van der Waals surface area (Å²) >= 11 is 0. The summed E-state index contributed by atoms with van der Waals surface area (Å²) in [6, 6.07) is 0.0433. The molecule has 0 aliphatic carbocycles. The van der Waals surface area contributed by atoms with Crippen LogP contribution in [0.2, 0.25) is 0 Å². The van der Waals surface area contributed by atoms with Crippen molar-refractivity contribution in [2.75, 3.05) is 19.6 Å². The molecule has 16 heavy (non-hydrogen) atoms. The topological polar surface area (TPSA) is 49.4 Å². The molecule has 1 aliphatic rings. The van der Waals surface area contributed by atoms with Gasteiger partial charge in [0.1, 0.15) is 5.78 Å². The van der Waals surface area contributed by atoms with Crippen molar-refractivity contribution in [1.82, 2.24) is 10.2 Å². The van der Waals surface area contributed by atoms with E-state index in [1.54, 1.807) is 13.8 Å². The predicted octanol–water partition coefficient (Wildman–Crippen LogP) is 0.812. The maximum Gasteiger partial charge on any atom is 0.216 e. The van der Waals surface area contributed by atoms with E-state index in [9.17, 15) is 9.59 Å². The molecule has 0 spiro atoms. The van der Waals surface area contributed by atoms with Crippen LogP contribution in [0.1, 0.15) is 33.6 Å². The molecule has 0 saturated carbocycles. The lowest BCUT2D eigenvalue weighted by Gasteiger charge is -2.34. The smallest absolute Gasteiger partial charge is 0.216 e. The van der Waals surface area contributed by atoms with Crippen LogP contribution in [0.5, 0.6) is 0 Å². The van der Waals surface area contributed by atoms with Gasteiger partial charge in [0.15, 0.2) is 0 Å². The highest BCUT2D eigenvalue weighted by atomic mass is 16.1. The van der Waals surface area contributed by atoms with Crippen LogP contribution in [0, 0.1) is 5.92 Å². The zero-order chi connectivity index (χ0) is 12.1. The summed E-state index contributed by atoms with van der Waals surface area (Å²) < 4.78 is 0. The number of ketones is 1. The van der Waals surface area contributed by atoms with E-state index in [-0.39, 0.29) is 17.7 Å². The van der Waals surface area contributed by atoms with Gasteiger partial charge in [-0.2, -0.15) is 0 Å². The fraction of sp³-hybridized carbons (Fsp3) is 0.833. The van der Waals surface area contributed by atoms with Crippen molar-refractivity contribution >= 4 is 11.7 Å². The van der Waals surface area contributed by atoms with Crippen LogP contribution in [-0.2, 0) is 9.59 Å². The van der Waals surface area contributed by atoms with Crippen molar-refractivity contribution in [2.24, 2.45) is 5.92 Å². The number of piperidine rings is 1. The van der Waals surface area contributed by atoms with Gasteiger partial charge in [-0.1, -0.05) is 0 Å². The Morgan fingerprint density at radius 2 is 1.88 bits per heavy atom. The van der Waals surface area contributed by atoms with E-state index >= 15 is 0 Å². The molecule has 0 bridgehead atoms. The SMILES string of the molecule is CC(=O)NCC1CCN(C(C)C(C)=O)CC1. The molecule has 0 aromatic heterocycles. The highest BCUT2D eigenvalue weighted by molar-refractivity contribution is 5.80. The summed E-state index contributed by atoms with van der Waals surface area (Å²) in [7, 11) is 0. The first-order valence-corrected chi connectivity index (χ1v) is 5.99. The van der Waals surface area contributed by atoms with Crippen LogP contribution in [0.4, 0.5) is 0 Å². The molecule has 1 amide bonds. The van der Waals surface area contributed by atoms with Gasteiger partial charge in [0.25, 0.3) is 0 Å². The number of nitrogens with zero attached hydrogens (tertiary/aromatic N) is 1. The minimum atomic E-state index is 0.0412. The number of rotatable bonds is 4. The molecule has 4 heteroatoms. The molecule has 1 aliphatic heterocycles. The second kappa shape index (κ2) is 5.99. The Bertz CT molecular complexity index is 258. The summed E-state index contributed by atoms with van der Waals surface area (Å²) in [6.07, 6.45) is 2.13. The van der Waals surface area contributed by atoms with Gasteiger partial charge < -0.3 is 5.32 Å². The van der Waals surface area contributed by atoms with Gasteiger partial charge in [-0.15, -0.1) is 0 Å². The maximum atomic E-state index is 11.2. The lowest BCUT2D eigenvalue weighted by molar-refractivity contribution is -0.122. The molecule has 1 rings (SSSR count). The number of hydrogen-bond acceptors (Lipinski definition) is 3. The third-order valence-corrected chi connectivity index (χ3v) is 3.42. The van der Waals surface area contributed by atoms with E-state index in [0.717, 1.165) is 32.5 Å². The maximum absolute atomic E-state index is 11.2.